The summed E-state index contributed by atoms with van der Waals surface area (Å²) in [6.45, 7) is 2.66. The predicted octanol–water partition coefficient (Wildman–Crippen LogP) is 2.99. The van der Waals surface area contributed by atoms with Gasteiger partial charge in [0, 0.05) is 18.1 Å². The van der Waals surface area contributed by atoms with Crippen LogP contribution < -0.4 is 5.32 Å². The molecule has 0 atom stereocenters. The number of halogens is 1. The van der Waals surface area contributed by atoms with Crippen molar-refractivity contribution >= 4 is 23.3 Å². The third-order valence-electron chi connectivity index (χ3n) is 2.26. The van der Waals surface area contributed by atoms with Gasteiger partial charge in [-0.15, -0.1) is 11.6 Å². The molecule has 1 rings (SSSR count). The van der Waals surface area contributed by atoms with Crippen molar-refractivity contribution in [2.24, 2.45) is 0 Å². The Hall–Kier alpha value is -1.22. The van der Waals surface area contributed by atoms with Crippen LogP contribution in [0.4, 0.5) is 5.69 Å². The first-order valence-electron chi connectivity index (χ1n) is 5.35. The van der Waals surface area contributed by atoms with Crippen LogP contribution in [0.15, 0.2) is 18.2 Å². The predicted molar refractivity (Wildman–Crippen MR) is 66.6 cm³/mol. The topological polar surface area (TPSA) is 49.3 Å². The van der Waals surface area contributed by atoms with E-state index in [0.717, 1.165) is 18.4 Å². The molecule has 0 radical (unpaired) electrons. The number of benzene rings is 1. The Morgan fingerprint density at radius 2 is 2.25 bits per heavy atom. The smallest absolute Gasteiger partial charge is 0.337 e. The number of carbonyl (C=O) groups is 1. The molecule has 0 fully saturated rings. The van der Waals surface area contributed by atoms with Crippen LogP contribution >= 0.6 is 11.6 Å². The van der Waals surface area contributed by atoms with E-state index in [9.17, 15) is 4.79 Å². The summed E-state index contributed by atoms with van der Waals surface area (Å²) in [6, 6.07) is 5.39. The van der Waals surface area contributed by atoms with E-state index < -0.39 is 5.97 Å². The van der Waals surface area contributed by atoms with Gasteiger partial charge < -0.3 is 10.4 Å². The van der Waals surface area contributed by atoms with E-state index in [-0.39, 0.29) is 0 Å². The number of nitrogens with one attached hydrogen (secondary N) is 1. The standard InChI is InChI=1S/C12H16ClNO2/c1-2-3-9-4-5-10(12(15)16)11(8-9)14-7-6-13/h4-5,8,14H,2-3,6-7H2,1H3,(H,15,16). The van der Waals surface area contributed by atoms with Crippen molar-refractivity contribution in [3.05, 3.63) is 29.3 Å². The van der Waals surface area contributed by atoms with Gasteiger partial charge >= 0.3 is 5.97 Å². The highest BCUT2D eigenvalue weighted by atomic mass is 35.5. The van der Waals surface area contributed by atoms with Crippen LogP contribution in [0.2, 0.25) is 0 Å². The quantitative estimate of drug-likeness (QED) is 0.753. The maximum atomic E-state index is 11.0. The summed E-state index contributed by atoms with van der Waals surface area (Å²) < 4.78 is 0. The fourth-order valence-corrected chi connectivity index (χ4v) is 1.64. The summed E-state index contributed by atoms with van der Waals surface area (Å²) in [5.41, 5.74) is 2.09. The Morgan fingerprint density at radius 3 is 2.81 bits per heavy atom. The minimum absolute atomic E-state index is 0.296. The second kappa shape index (κ2) is 6.38. The van der Waals surface area contributed by atoms with Gasteiger partial charge in [0.2, 0.25) is 0 Å². The molecule has 0 amide bonds. The second-order valence-electron chi connectivity index (χ2n) is 3.55. The highest BCUT2D eigenvalue weighted by Crippen LogP contribution is 2.19. The van der Waals surface area contributed by atoms with Gasteiger partial charge in [-0.1, -0.05) is 19.4 Å². The van der Waals surface area contributed by atoms with Gasteiger partial charge in [-0.25, -0.2) is 4.79 Å². The lowest BCUT2D eigenvalue weighted by Crippen LogP contribution is -2.09. The molecule has 0 spiro atoms. The van der Waals surface area contributed by atoms with Crippen LogP contribution in [0.3, 0.4) is 0 Å². The van der Waals surface area contributed by atoms with Crippen LogP contribution in [-0.4, -0.2) is 23.5 Å². The average Bonchev–Trinajstić information content (AvgIpc) is 2.26. The zero-order valence-electron chi connectivity index (χ0n) is 9.29. The van der Waals surface area contributed by atoms with E-state index in [2.05, 4.69) is 12.2 Å². The molecular weight excluding hydrogens is 226 g/mol. The molecule has 0 saturated heterocycles. The lowest BCUT2D eigenvalue weighted by molar-refractivity contribution is 0.0698. The first-order valence-corrected chi connectivity index (χ1v) is 5.88. The van der Waals surface area contributed by atoms with Gasteiger partial charge in [0.25, 0.3) is 0 Å². The molecule has 0 saturated carbocycles. The Morgan fingerprint density at radius 1 is 1.50 bits per heavy atom. The third-order valence-corrected chi connectivity index (χ3v) is 2.45. The molecule has 0 aliphatic rings. The van der Waals surface area contributed by atoms with E-state index in [1.807, 2.05) is 12.1 Å². The van der Waals surface area contributed by atoms with Gasteiger partial charge in [0.15, 0.2) is 0 Å². The molecule has 0 aromatic heterocycles. The van der Waals surface area contributed by atoms with E-state index in [1.54, 1.807) is 6.07 Å². The molecule has 16 heavy (non-hydrogen) atoms. The van der Waals surface area contributed by atoms with E-state index in [1.165, 1.54) is 0 Å². The van der Waals surface area contributed by atoms with Crippen molar-refractivity contribution in [3.63, 3.8) is 0 Å². The van der Waals surface area contributed by atoms with Crippen LogP contribution in [0.25, 0.3) is 0 Å². The van der Waals surface area contributed by atoms with E-state index >= 15 is 0 Å². The monoisotopic (exact) mass is 241 g/mol. The molecule has 1 aromatic carbocycles. The summed E-state index contributed by atoms with van der Waals surface area (Å²) in [7, 11) is 0. The van der Waals surface area contributed by atoms with Gasteiger partial charge in [-0.2, -0.15) is 0 Å². The molecule has 2 N–H and O–H groups in total. The molecule has 3 nitrogen and oxygen atoms in total. The largest absolute Gasteiger partial charge is 0.478 e. The SMILES string of the molecule is CCCc1ccc(C(=O)O)c(NCCCl)c1. The number of carboxylic acid groups (broad SMARTS) is 1. The highest BCUT2D eigenvalue weighted by molar-refractivity contribution is 6.18. The van der Waals surface area contributed by atoms with Gasteiger partial charge in [0.05, 0.1) is 5.56 Å². The minimum atomic E-state index is -0.917. The van der Waals surface area contributed by atoms with Crippen molar-refractivity contribution in [3.8, 4) is 0 Å². The summed E-state index contributed by atoms with van der Waals surface area (Å²) in [5.74, 6) is -0.461. The Kier molecular flexibility index (Phi) is 5.12. The average molecular weight is 242 g/mol. The molecule has 88 valence electrons. The summed E-state index contributed by atoms with van der Waals surface area (Å²) >= 11 is 5.57. The van der Waals surface area contributed by atoms with Crippen molar-refractivity contribution in [1.82, 2.24) is 0 Å². The van der Waals surface area contributed by atoms with Crippen molar-refractivity contribution in [1.29, 1.82) is 0 Å². The number of aromatic carboxylic acids is 1. The lowest BCUT2D eigenvalue weighted by Gasteiger charge is -2.10. The molecule has 0 aliphatic heterocycles. The number of hydrogen-bond acceptors (Lipinski definition) is 2. The Labute approximate surface area is 100 Å². The van der Waals surface area contributed by atoms with Gasteiger partial charge in [0.1, 0.15) is 0 Å². The number of aryl methyl sites for hydroxylation is 1. The summed E-state index contributed by atoms with van der Waals surface area (Å²) in [6.07, 6.45) is 2.00. The van der Waals surface area contributed by atoms with Crippen LogP contribution in [0.5, 0.6) is 0 Å². The van der Waals surface area contributed by atoms with E-state index in [0.29, 0.717) is 23.7 Å². The van der Waals surface area contributed by atoms with Crippen molar-refractivity contribution < 1.29 is 9.90 Å². The molecule has 0 bridgehead atoms. The molecular formula is C12H16ClNO2. The van der Waals surface area contributed by atoms with Crippen molar-refractivity contribution in [2.45, 2.75) is 19.8 Å². The van der Waals surface area contributed by atoms with Gasteiger partial charge in [-0.3, -0.25) is 0 Å². The minimum Gasteiger partial charge on any atom is -0.478 e. The summed E-state index contributed by atoms with van der Waals surface area (Å²) in [5, 5.41) is 12.0. The third kappa shape index (κ3) is 3.42. The molecule has 0 unspecified atom stereocenters. The maximum Gasteiger partial charge on any atom is 0.337 e. The second-order valence-corrected chi connectivity index (χ2v) is 3.93. The number of alkyl halides is 1. The van der Waals surface area contributed by atoms with Crippen LogP contribution in [0, 0.1) is 0 Å². The first-order chi connectivity index (χ1) is 7.69. The molecule has 0 aliphatic carbocycles. The molecule has 1 aromatic rings. The van der Waals surface area contributed by atoms with Gasteiger partial charge in [-0.05, 0) is 24.1 Å². The van der Waals surface area contributed by atoms with Crippen LogP contribution in [0.1, 0.15) is 29.3 Å². The van der Waals surface area contributed by atoms with E-state index in [4.69, 9.17) is 16.7 Å². The lowest BCUT2D eigenvalue weighted by atomic mass is 10.1. The van der Waals surface area contributed by atoms with Crippen LogP contribution in [-0.2, 0) is 6.42 Å². The number of rotatable bonds is 6. The fourth-order valence-electron chi connectivity index (χ4n) is 1.55. The highest BCUT2D eigenvalue weighted by Gasteiger charge is 2.09. The first kappa shape index (κ1) is 12.8. The van der Waals surface area contributed by atoms with Crippen molar-refractivity contribution in [2.75, 3.05) is 17.7 Å². The zero-order chi connectivity index (χ0) is 12.0. The molecule has 0 heterocycles. The fraction of sp³-hybridized carbons (Fsp3) is 0.417. The molecule has 4 heteroatoms. The Bertz CT molecular complexity index is 366. The zero-order valence-corrected chi connectivity index (χ0v) is 10.0. The normalized spacial score (nSPS) is 10.1. The number of anilines is 1. The number of hydrogen-bond donors (Lipinski definition) is 2. The maximum absolute atomic E-state index is 11.0. The Balaban J connectivity index is 2.95. The summed E-state index contributed by atoms with van der Waals surface area (Å²) in [4.78, 5) is 11.0. The number of carboxylic acids is 1.